The van der Waals surface area contributed by atoms with Crippen LogP contribution in [0.5, 0.6) is 5.75 Å². The molecular weight excluding hydrogens is 508 g/mol. The fourth-order valence-corrected chi connectivity index (χ4v) is 6.80. The Morgan fingerprint density at radius 3 is 2.36 bits per heavy atom. The predicted molar refractivity (Wildman–Crippen MR) is 156 cm³/mol. The van der Waals surface area contributed by atoms with E-state index in [0.29, 0.717) is 22.7 Å². The van der Waals surface area contributed by atoms with Crippen LogP contribution in [0.15, 0.2) is 66.7 Å². The van der Waals surface area contributed by atoms with Crippen LogP contribution in [0.3, 0.4) is 0 Å². The first-order valence-corrected chi connectivity index (χ1v) is 14.2. The molecule has 202 valence electrons. The average Bonchev–Trinajstić information content (AvgIpc) is 3.36. The molecule has 1 amide bonds. The minimum absolute atomic E-state index is 0.0863. The Morgan fingerprint density at radius 1 is 1.03 bits per heavy atom. The van der Waals surface area contributed by atoms with Crippen LogP contribution in [-0.2, 0) is 0 Å². The van der Waals surface area contributed by atoms with E-state index < -0.39 is 5.91 Å². The molecule has 6 rings (SSSR count). The minimum atomic E-state index is -0.460. The molecule has 0 aliphatic carbocycles. The van der Waals surface area contributed by atoms with Crippen LogP contribution in [0.2, 0.25) is 5.02 Å². The highest BCUT2D eigenvalue weighted by Gasteiger charge is 2.39. The number of fused-ring (bicyclic) bond motifs is 3. The smallest absolute Gasteiger partial charge is 0.248 e. The molecule has 2 aliphatic rings. The Balaban J connectivity index is 1.37. The zero-order chi connectivity index (χ0) is 27.3. The molecule has 39 heavy (non-hydrogen) atoms. The molecule has 0 spiro atoms. The molecule has 2 aliphatic heterocycles. The van der Waals surface area contributed by atoms with Crippen molar-refractivity contribution in [3.8, 4) is 17.0 Å². The SMILES string of the molecule is CC(C)[C@H](c1ccccc1Cl)n1nc(-c2ccc(OC3CC4CCC(C3)N4C)cc2)c2cc(C(N)=O)ccc21. The number of aromatic nitrogens is 2. The van der Waals surface area contributed by atoms with Gasteiger partial charge in [-0.05, 0) is 92.7 Å². The monoisotopic (exact) mass is 542 g/mol. The van der Waals surface area contributed by atoms with Crippen LogP contribution in [0, 0.1) is 5.92 Å². The van der Waals surface area contributed by atoms with Crippen LogP contribution >= 0.6 is 11.6 Å². The Hall–Kier alpha value is -3.35. The predicted octanol–water partition coefficient (Wildman–Crippen LogP) is 6.71. The summed E-state index contributed by atoms with van der Waals surface area (Å²) in [5, 5.41) is 6.73. The number of hydrogen-bond donors (Lipinski definition) is 1. The summed E-state index contributed by atoms with van der Waals surface area (Å²) in [6.45, 7) is 4.33. The van der Waals surface area contributed by atoms with Gasteiger partial charge in [0.15, 0.2) is 0 Å². The van der Waals surface area contributed by atoms with Gasteiger partial charge in [0.1, 0.15) is 17.5 Å². The molecular formula is C32H35ClN4O2. The fraction of sp³-hybridized carbons (Fsp3) is 0.375. The van der Waals surface area contributed by atoms with Crippen molar-refractivity contribution in [2.24, 2.45) is 11.7 Å². The molecule has 7 heteroatoms. The first-order chi connectivity index (χ1) is 18.8. The second-order valence-corrected chi connectivity index (χ2v) is 11.8. The number of hydrogen-bond acceptors (Lipinski definition) is 4. The van der Waals surface area contributed by atoms with Gasteiger partial charge < -0.3 is 15.4 Å². The number of nitrogens with zero attached hydrogens (tertiary/aromatic N) is 3. The number of ether oxygens (including phenoxy) is 1. The first-order valence-electron chi connectivity index (χ1n) is 13.9. The standard InChI is InChI=1S/C32H35ClN4O2/c1-19(2)31(26-6-4-5-7-28(26)33)37-29-15-10-21(32(34)38)16-27(29)30(35-37)20-8-13-24(14-9-20)39-25-17-22-11-12-23(18-25)36(22)3/h4-10,13-16,19,22-23,25,31H,11-12,17-18H2,1-3H3,(H2,34,38)/t22?,23?,25?,31-/m1/s1. The van der Waals surface area contributed by atoms with Gasteiger partial charge in [-0.2, -0.15) is 5.10 Å². The second kappa shape index (κ2) is 10.3. The lowest BCUT2D eigenvalue weighted by Crippen LogP contribution is -2.43. The quantitative estimate of drug-likeness (QED) is 0.282. The number of rotatable bonds is 7. The second-order valence-electron chi connectivity index (χ2n) is 11.4. The highest BCUT2D eigenvalue weighted by atomic mass is 35.5. The van der Waals surface area contributed by atoms with Gasteiger partial charge in [0.25, 0.3) is 0 Å². The van der Waals surface area contributed by atoms with Gasteiger partial charge in [0.2, 0.25) is 5.91 Å². The molecule has 2 saturated heterocycles. The molecule has 4 aromatic rings. The topological polar surface area (TPSA) is 73.4 Å². The molecule has 3 heterocycles. The highest BCUT2D eigenvalue weighted by molar-refractivity contribution is 6.31. The lowest BCUT2D eigenvalue weighted by Gasteiger charge is -2.36. The fourth-order valence-electron chi connectivity index (χ4n) is 6.55. The third kappa shape index (κ3) is 4.81. The molecule has 0 saturated carbocycles. The molecule has 3 aromatic carbocycles. The van der Waals surface area contributed by atoms with E-state index in [2.05, 4.69) is 44.0 Å². The maximum Gasteiger partial charge on any atom is 0.248 e. The van der Waals surface area contributed by atoms with E-state index in [1.54, 1.807) is 6.07 Å². The van der Waals surface area contributed by atoms with E-state index in [0.717, 1.165) is 46.3 Å². The Morgan fingerprint density at radius 2 is 1.72 bits per heavy atom. The summed E-state index contributed by atoms with van der Waals surface area (Å²) in [7, 11) is 2.25. The molecule has 2 fully saturated rings. The number of nitrogens with two attached hydrogens (primary N) is 1. The van der Waals surface area contributed by atoms with E-state index in [9.17, 15) is 4.79 Å². The van der Waals surface area contributed by atoms with Crippen LogP contribution < -0.4 is 10.5 Å². The molecule has 3 atom stereocenters. The number of carbonyl (C=O) groups excluding carboxylic acids is 1. The van der Waals surface area contributed by atoms with Crippen LogP contribution in [0.1, 0.15) is 61.5 Å². The molecule has 2 N–H and O–H groups in total. The van der Waals surface area contributed by atoms with Crippen molar-refractivity contribution in [1.29, 1.82) is 0 Å². The summed E-state index contributed by atoms with van der Waals surface area (Å²) < 4.78 is 8.47. The van der Waals surface area contributed by atoms with Gasteiger partial charge in [-0.15, -0.1) is 0 Å². The normalized spacial score (nSPS) is 21.9. The maximum atomic E-state index is 12.1. The minimum Gasteiger partial charge on any atom is -0.490 e. The van der Waals surface area contributed by atoms with Crippen LogP contribution in [0.25, 0.3) is 22.2 Å². The van der Waals surface area contributed by atoms with Crippen molar-refractivity contribution in [2.75, 3.05) is 7.05 Å². The summed E-state index contributed by atoms with van der Waals surface area (Å²) in [4.78, 5) is 14.6. The first kappa shape index (κ1) is 25.9. The largest absolute Gasteiger partial charge is 0.490 e. The average molecular weight is 543 g/mol. The maximum absolute atomic E-state index is 12.1. The van der Waals surface area contributed by atoms with Gasteiger partial charge in [0, 0.05) is 33.6 Å². The van der Waals surface area contributed by atoms with Gasteiger partial charge in [0.05, 0.1) is 11.6 Å². The van der Waals surface area contributed by atoms with Gasteiger partial charge >= 0.3 is 0 Å². The van der Waals surface area contributed by atoms with Crippen LogP contribution in [0.4, 0.5) is 0 Å². The van der Waals surface area contributed by atoms with Crippen LogP contribution in [-0.4, -0.2) is 45.8 Å². The molecule has 0 radical (unpaired) electrons. The van der Waals surface area contributed by atoms with E-state index >= 15 is 0 Å². The lowest BCUT2D eigenvalue weighted by molar-refractivity contribution is 0.0662. The molecule has 2 bridgehead atoms. The Bertz CT molecular complexity index is 1500. The highest BCUT2D eigenvalue weighted by Crippen LogP contribution is 2.39. The van der Waals surface area contributed by atoms with Gasteiger partial charge in [-0.3, -0.25) is 9.48 Å². The molecule has 1 aromatic heterocycles. The zero-order valence-corrected chi connectivity index (χ0v) is 23.4. The van der Waals surface area contributed by atoms with Gasteiger partial charge in [-0.25, -0.2) is 0 Å². The summed E-state index contributed by atoms with van der Waals surface area (Å²) >= 11 is 6.66. The third-order valence-corrected chi connectivity index (χ3v) is 8.94. The number of carbonyl (C=O) groups is 1. The van der Waals surface area contributed by atoms with Crippen molar-refractivity contribution in [3.05, 3.63) is 82.9 Å². The summed E-state index contributed by atoms with van der Waals surface area (Å²) in [5.41, 5.74) is 9.81. The molecule has 6 nitrogen and oxygen atoms in total. The van der Waals surface area contributed by atoms with Crippen molar-refractivity contribution >= 4 is 28.4 Å². The van der Waals surface area contributed by atoms with E-state index in [1.807, 2.05) is 47.1 Å². The van der Waals surface area contributed by atoms with E-state index in [1.165, 1.54) is 12.8 Å². The third-order valence-electron chi connectivity index (χ3n) is 8.60. The lowest BCUT2D eigenvalue weighted by atomic mass is 9.95. The van der Waals surface area contributed by atoms with Crippen molar-refractivity contribution in [2.45, 2.75) is 63.8 Å². The number of benzene rings is 3. The molecule has 2 unspecified atom stereocenters. The Labute approximate surface area is 234 Å². The van der Waals surface area contributed by atoms with Gasteiger partial charge in [-0.1, -0.05) is 43.6 Å². The zero-order valence-electron chi connectivity index (χ0n) is 22.7. The number of amides is 1. The van der Waals surface area contributed by atoms with Crippen molar-refractivity contribution in [1.82, 2.24) is 14.7 Å². The number of primary amides is 1. The summed E-state index contributed by atoms with van der Waals surface area (Å²) in [6.07, 6.45) is 4.96. The van der Waals surface area contributed by atoms with E-state index in [-0.39, 0.29) is 18.1 Å². The summed E-state index contributed by atoms with van der Waals surface area (Å²) in [6, 6.07) is 22.8. The van der Waals surface area contributed by atoms with E-state index in [4.69, 9.17) is 27.2 Å². The van der Waals surface area contributed by atoms with Crippen molar-refractivity contribution in [3.63, 3.8) is 0 Å². The number of piperidine rings is 1. The number of halogens is 1. The van der Waals surface area contributed by atoms with Crippen molar-refractivity contribution < 1.29 is 9.53 Å². The Kier molecular flexibility index (Phi) is 6.86. The summed E-state index contributed by atoms with van der Waals surface area (Å²) in [5.74, 6) is 0.639.